The van der Waals surface area contributed by atoms with Crippen LogP contribution in [0.5, 0.6) is 0 Å². The van der Waals surface area contributed by atoms with Crippen molar-refractivity contribution in [2.45, 2.75) is 8.65 Å². The third kappa shape index (κ3) is 5.86. The lowest BCUT2D eigenvalue weighted by Crippen LogP contribution is -2.31. The molecule has 0 aliphatic heterocycles. The quantitative estimate of drug-likeness (QED) is 0.107. The zero-order valence-corrected chi connectivity index (χ0v) is 25.7. The molecule has 5 rings (SSSR count). The number of aromatic carboxylic acids is 3. The van der Waals surface area contributed by atoms with Gasteiger partial charge in [-0.05, 0) is 87.5 Å². The average molecular weight is 718 g/mol. The molecule has 8 nitrogen and oxygen atoms in total. The van der Waals surface area contributed by atoms with Crippen LogP contribution < -0.4 is 0 Å². The molecule has 0 aromatic heterocycles. The van der Waals surface area contributed by atoms with Gasteiger partial charge in [0.1, 0.15) is 0 Å². The molecule has 0 bridgehead atoms. The minimum atomic E-state index is -1.41. The highest BCUT2D eigenvalue weighted by Gasteiger charge is 2.38. The normalized spacial score (nSPS) is 19.0. The first kappa shape index (κ1) is 30.7. The first-order valence-corrected chi connectivity index (χ1v) is 14.6. The fraction of sp³-hybridized carbons (Fsp3) is 0.0588. The van der Waals surface area contributed by atoms with Gasteiger partial charge in [-0.1, -0.05) is 92.6 Å². The van der Waals surface area contributed by atoms with E-state index in [2.05, 4.69) is 31.9 Å². The Balaban J connectivity index is 1.81. The van der Waals surface area contributed by atoms with Crippen LogP contribution in [0, 0.1) is 0 Å². The van der Waals surface area contributed by atoms with Crippen LogP contribution in [0.2, 0.25) is 0 Å². The number of allylic oxidation sites excluding steroid dienone is 2. The molecule has 0 spiro atoms. The molecule has 4 N–H and O–H groups in total. The van der Waals surface area contributed by atoms with Crippen molar-refractivity contribution in [3.05, 3.63) is 131 Å². The summed E-state index contributed by atoms with van der Waals surface area (Å²) in [6, 6.07) is 22.8. The molecule has 1 aliphatic carbocycles. The summed E-state index contributed by atoms with van der Waals surface area (Å²) in [4.78, 5) is 46.5. The van der Waals surface area contributed by atoms with E-state index in [1.54, 1.807) is 48.6 Å². The summed E-state index contributed by atoms with van der Waals surface area (Å²) in [6.07, 6.45) is 6.44. The lowest BCUT2D eigenvalue weighted by Gasteiger charge is -2.31. The number of alkyl halides is 2. The molecule has 0 fully saturated rings. The number of hydrogen-bond donors (Lipinski definition) is 4. The zero-order chi connectivity index (χ0) is 31.8. The first-order valence-electron chi connectivity index (χ1n) is 13.0. The van der Waals surface area contributed by atoms with Crippen LogP contribution in [0.1, 0.15) is 36.6 Å². The maximum Gasteiger partial charge on any atom is 0.335 e. The average Bonchev–Trinajstić information content (AvgIpc) is 3.02. The maximum atomic E-state index is 11.9. The molecule has 4 aromatic rings. The van der Waals surface area contributed by atoms with E-state index in [0.717, 1.165) is 0 Å². The van der Waals surface area contributed by atoms with Crippen molar-refractivity contribution in [3.63, 3.8) is 0 Å². The molecule has 0 unspecified atom stereocenters. The topological polar surface area (TPSA) is 149 Å². The van der Waals surface area contributed by atoms with E-state index in [0.29, 0.717) is 38.9 Å². The predicted octanol–water partition coefficient (Wildman–Crippen LogP) is 7.72. The van der Waals surface area contributed by atoms with E-state index >= 15 is 0 Å². The Bertz CT molecular complexity index is 1860. The summed E-state index contributed by atoms with van der Waals surface area (Å²) in [5.41, 5.74) is 5.14. The van der Waals surface area contributed by atoms with Crippen LogP contribution in [0.3, 0.4) is 0 Å². The Labute approximate surface area is 267 Å². The van der Waals surface area contributed by atoms with E-state index in [1.807, 2.05) is 12.1 Å². The number of aliphatic carboxylic acids is 1. The number of carboxylic acid groups (broad SMARTS) is 4. The predicted molar refractivity (Wildman–Crippen MR) is 172 cm³/mol. The Kier molecular flexibility index (Phi) is 8.15. The molecule has 0 saturated carbocycles. The maximum absolute atomic E-state index is 11.9. The van der Waals surface area contributed by atoms with E-state index in [9.17, 15) is 39.6 Å². The van der Waals surface area contributed by atoms with Crippen LogP contribution in [-0.4, -0.2) is 48.6 Å². The summed E-state index contributed by atoms with van der Waals surface area (Å²) >= 11 is 7.07. The number of benzene rings is 4. The van der Waals surface area contributed by atoms with Crippen molar-refractivity contribution >= 4 is 55.7 Å². The van der Waals surface area contributed by atoms with Gasteiger partial charge in [0.25, 0.3) is 0 Å². The minimum absolute atomic E-state index is 0.103. The fourth-order valence-electron chi connectivity index (χ4n) is 4.93. The van der Waals surface area contributed by atoms with Crippen LogP contribution >= 0.6 is 31.9 Å². The third-order valence-electron chi connectivity index (χ3n) is 7.36. The minimum Gasteiger partial charge on any atom is -0.480 e. The Morgan fingerprint density at radius 1 is 0.477 bits per heavy atom. The van der Waals surface area contributed by atoms with E-state index in [1.165, 1.54) is 48.6 Å². The molecule has 0 amide bonds. The Morgan fingerprint density at radius 2 is 0.818 bits per heavy atom. The van der Waals surface area contributed by atoms with Crippen LogP contribution in [0.4, 0.5) is 0 Å². The first-order chi connectivity index (χ1) is 20.8. The largest absolute Gasteiger partial charge is 0.480 e. The van der Waals surface area contributed by atoms with Gasteiger partial charge in [0.15, 0.2) is 4.32 Å². The summed E-state index contributed by atoms with van der Waals surface area (Å²) in [6.45, 7) is 0. The molecule has 0 radical (unpaired) electrons. The van der Waals surface area contributed by atoms with Gasteiger partial charge in [-0.3, -0.25) is 4.79 Å². The highest BCUT2D eigenvalue weighted by atomic mass is 79.9. The molecular formula is C34H22Br2O8. The summed E-state index contributed by atoms with van der Waals surface area (Å²) in [5.74, 6) is -4.32. The second kappa shape index (κ2) is 11.7. The lowest BCUT2D eigenvalue weighted by atomic mass is 9.81. The second-order valence-corrected chi connectivity index (χ2v) is 12.7. The van der Waals surface area contributed by atoms with Gasteiger partial charge in [0.05, 0.1) is 21.0 Å². The van der Waals surface area contributed by atoms with Gasteiger partial charge < -0.3 is 20.4 Å². The molecule has 0 atom stereocenters. The molecule has 0 heterocycles. The standard InChI is InChI=1S/C34H22Br2O8/c35-33(13-15-34(36,16-14-33)32(43)44)28-18-26(20-3-9-23(10-4-20)30(39)40)25(19-1-7-22(8-2-19)29(37)38)17-27(28)21-5-11-24(12-6-21)31(41)42/h1-18H,(H,37,38)(H,39,40)(H,41,42)(H,43,44). The molecule has 44 heavy (non-hydrogen) atoms. The molecular weight excluding hydrogens is 696 g/mol. The van der Waals surface area contributed by atoms with Crippen LogP contribution in [0.15, 0.2) is 109 Å². The smallest absolute Gasteiger partial charge is 0.335 e. The SMILES string of the molecule is O=C(O)c1ccc(-c2cc(-c3ccc(C(=O)O)cc3)c(C3(Br)C=CC(Br)(C(=O)O)C=C3)cc2-c2ccc(C(=O)O)cc2)cc1. The molecule has 220 valence electrons. The van der Waals surface area contributed by atoms with Gasteiger partial charge in [0.2, 0.25) is 0 Å². The number of hydrogen-bond acceptors (Lipinski definition) is 4. The molecule has 10 heteroatoms. The third-order valence-corrected chi connectivity index (χ3v) is 9.19. The molecule has 1 aliphatic rings. The number of carbonyl (C=O) groups is 4. The Morgan fingerprint density at radius 3 is 1.16 bits per heavy atom. The number of halogens is 2. The summed E-state index contributed by atoms with van der Waals surface area (Å²) in [5, 5.41) is 38.1. The van der Waals surface area contributed by atoms with Crippen molar-refractivity contribution in [3.8, 4) is 33.4 Å². The molecule has 0 saturated heterocycles. The highest BCUT2D eigenvalue weighted by Crippen LogP contribution is 2.48. The highest BCUT2D eigenvalue weighted by molar-refractivity contribution is 9.10. The second-order valence-electron chi connectivity index (χ2n) is 10.1. The van der Waals surface area contributed by atoms with Crippen LogP contribution in [0.25, 0.3) is 33.4 Å². The van der Waals surface area contributed by atoms with E-state index < -0.39 is 32.5 Å². The lowest BCUT2D eigenvalue weighted by molar-refractivity contribution is -0.137. The van der Waals surface area contributed by atoms with E-state index in [-0.39, 0.29) is 16.7 Å². The zero-order valence-electron chi connectivity index (χ0n) is 22.6. The van der Waals surface area contributed by atoms with Crippen molar-refractivity contribution < 1.29 is 39.6 Å². The van der Waals surface area contributed by atoms with Gasteiger partial charge in [0, 0.05) is 0 Å². The summed E-state index contributed by atoms with van der Waals surface area (Å²) < 4.78 is -2.41. The Hall–Kier alpha value is -4.80. The van der Waals surface area contributed by atoms with Crippen molar-refractivity contribution in [1.29, 1.82) is 0 Å². The van der Waals surface area contributed by atoms with Gasteiger partial charge in [-0.15, -0.1) is 0 Å². The molecule has 4 aromatic carbocycles. The van der Waals surface area contributed by atoms with Gasteiger partial charge in [-0.2, -0.15) is 0 Å². The van der Waals surface area contributed by atoms with Crippen molar-refractivity contribution in [2.75, 3.05) is 0 Å². The number of carboxylic acids is 4. The van der Waals surface area contributed by atoms with Crippen LogP contribution in [-0.2, 0) is 9.12 Å². The van der Waals surface area contributed by atoms with Gasteiger partial charge >= 0.3 is 23.9 Å². The van der Waals surface area contributed by atoms with Crippen molar-refractivity contribution in [2.24, 2.45) is 0 Å². The number of rotatable bonds is 8. The monoisotopic (exact) mass is 716 g/mol. The fourth-order valence-corrected chi connectivity index (χ4v) is 5.79. The summed E-state index contributed by atoms with van der Waals surface area (Å²) in [7, 11) is 0. The van der Waals surface area contributed by atoms with E-state index in [4.69, 9.17) is 0 Å². The van der Waals surface area contributed by atoms with Gasteiger partial charge in [-0.25, -0.2) is 14.4 Å². The van der Waals surface area contributed by atoms with Crippen molar-refractivity contribution in [1.82, 2.24) is 0 Å².